The first-order chi connectivity index (χ1) is 19.4. The van der Waals surface area contributed by atoms with Crippen molar-refractivity contribution in [2.24, 2.45) is 17.6 Å². The van der Waals surface area contributed by atoms with Gasteiger partial charge >= 0.3 is 6.09 Å². The first kappa shape index (κ1) is 34.4. The van der Waals surface area contributed by atoms with E-state index in [1.54, 1.807) is 39.4 Å². The molecule has 2 amide bonds. The lowest BCUT2D eigenvalue weighted by Crippen LogP contribution is -2.49. The van der Waals surface area contributed by atoms with Gasteiger partial charge in [0.15, 0.2) is 11.9 Å². The first-order valence-corrected chi connectivity index (χ1v) is 13.7. The molecule has 0 aromatic heterocycles. The molecule has 0 aromatic rings. The molecule has 2 bridgehead atoms. The molecule has 11 nitrogen and oxygen atoms in total. The molecule has 230 valence electrons. The van der Waals surface area contributed by atoms with Gasteiger partial charge in [0.1, 0.15) is 6.10 Å². The van der Waals surface area contributed by atoms with Crippen LogP contribution in [0.4, 0.5) is 4.79 Å². The second kappa shape index (κ2) is 16.0. The molecule has 0 radical (unpaired) electrons. The number of carbonyl (C=O) groups is 3. The summed E-state index contributed by atoms with van der Waals surface area (Å²) >= 11 is 0. The van der Waals surface area contributed by atoms with Gasteiger partial charge in [-0.05, 0) is 37.8 Å². The fourth-order valence-corrected chi connectivity index (χ4v) is 5.60. The van der Waals surface area contributed by atoms with E-state index < -0.39 is 54.7 Å². The second-order valence-electron chi connectivity index (χ2n) is 10.7. The summed E-state index contributed by atoms with van der Waals surface area (Å²) in [5.41, 5.74) is 6.70. The van der Waals surface area contributed by atoms with Crippen LogP contribution >= 0.6 is 0 Å². The van der Waals surface area contributed by atoms with Crippen LogP contribution < -0.4 is 11.1 Å². The molecular formula is C30H46N2O9. The van der Waals surface area contributed by atoms with Crippen LogP contribution in [0.5, 0.6) is 0 Å². The average Bonchev–Trinajstić information content (AvgIpc) is 2.91. The standard InChI is InChI=1S/C30H46N2O9/c1-16-10-9-11-23(37-5)28(41-30(31)36)18(3)12-17(2)27(40-8)24(38-6)13-19(4)26(39-7)21-14-20(33)15-22(25(21)34)32-29(16)35/h9-12,14,17,19-20,22-24,26-28,33H,13,15H2,1-8H3,(H2,31,36)(H,32,35)/b11-9+,16-10-,18-12+/t17-,19-,20+,22+,23-,24-,26+,27+,28-/m0/s1. The number of hydrogen-bond acceptors (Lipinski definition) is 9. The van der Waals surface area contributed by atoms with Crippen LogP contribution in [-0.4, -0.2) is 94.0 Å². The van der Waals surface area contributed by atoms with E-state index in [9.17, 15) is 19.5 Å². The van der Waals surface area contributed by atoms with Crippen molar-refractivity contribution in [3.8, 4) is 0 Å². The maximum absolute atomic E-state index is 13.5. The minimum Gasteiger partial charge on any atom is -0.439 e. The van der Waals surface area contributed by atoms with E-state index in [0.29, 0.717) is 23.1 Å². The smallest absolute Gasteiger partial charge is 0.405 e. The highest BCUT2D eigenvalue weighted by Crippen LogP contribution is 2.30. The van der Waals surface area contributed by atoms with Crippen molar-refractivity contribution in [2.45, 2.75) is 83.2 Å². The number of carbonyl (C=O) groups excluding carboxylic acids is 3. The second-order valence-corrected chi connectivity index (χ2v) is 10.7. The van der Waals surface area contributed by atoms with Crippen molar-refractivity contribution in [1.29, 1.82) is 0 Å². The van der Waals surface area contributed by atoms with Gasteiger partial charge in [0.05, 0.1) is 30.5 Å². The number of methoxy groups -OCH3 is 4. The zero-order valence-corrected chi connectivity index (χ0v) is 25.3. The third-order valence-corrected chi connectivity index (χ3v) is 7.69. The van der Waals surface area contributed by atoms with Gasteiger partial charge in [-0.25, -0.2) is 4.79 Å². The van der Waals surface area contributed by atoms with Crippen molar-refractivity contribution in [3.63, 3.8) is 0 Å². The zero-order chi connectivity index (χ0) is 30.9. The Labute approximate surface area is 242 Å². The molecule has 0 unspecified atom stereocenters. The fourth-order valence-electron chi connectivity index (χ4n) is 5.60. The summed E-state index contributed by atoms with van der Waals surface area (Å²) in [7, 11) is 6.16. The normalized spacial score (nSPS) is 37.6. The van der Waals surface area contributed by atoms with Gasteiger partial charge in [-0.1, -0.05) is 38.2 Å². The van der Waals surface area contributed by atoms with E-state index in [0.717, 1.165) is 0 Å². The minimum absolute atomic E-state index is 0.0504. The average molecular weight is 579 g/mol. The summed E-state index contributed by atoms with van der Waals surface area (Å²) in [6.45, 7) is 7.30. The van der Waals surface area contributed by atoms with Gasteiger partial charge in [-0.3, -0.25) is 9.59 Å². The molecule has 0 aromatic carbocycles. The lowest BCUT2D eigenvalue weighted by molar-refractivity contribution is -0.126. The summed E-state index contributed by atoms with van der Waals surface area (Å²) in [4.78, 5) is 38.3. The van der Waals surface area contributed by atoms with Crippen molar-refractivity contribution in [1.82, 2.24) is 5.32 Å². The fraction of sp³-hybridized carbons (Fsp3) is 0.633. The number of aliphatic hydroxyl groups excluding tert-OH is 1. The van der Waals surface area contributed by atoms with Crippen molar-refractivity contribution >= 4 is 17.8 Å². The third kappa shape index (κ3) is 9.08. The number of rotatable bonds is 5. The van der Waals surface area contributed by atoms with Gasteiger partial charge in [0.2, 0.25) is 5.91 Å². The Hall–Kier alpha value is -2.83. The molecule has 2 aliphatic rings. The van der Waals surface area contributed by atoms with Crippen LogP contribution in [0.15, 0.2) is 47.1 Å². The maximum Gasteiger partial charge on any atom is 0.405 e. The van der Waals surface area contributed by atoms with Crippen LogP contribution in [0.2, 0.25) is 0 Å². The molecule has 1 aliphatic carbocycles. The Morgan fingerprint density at radius 2 is 1.66 bits per heavy atom. The van der Waals surface area contributed by atoms with E-state index in [1.807, 2.05) is 26.8 Å². The van der Waals surface area contributed by atoms with E-state index >= 15 is 0 Å². The van der Waals surface area contributed by atoms with E-state index in [1.165, 1.54) is 20.3 Å². The number of primary amides is 1. The molecule has 41 heavy (non-hydrogen) atoms. The Morgan fingerprint density at radius 3 is 2.22 bits per heavy atom. The Balaban J connectivity index is 2.63. The Bertz CT molecular complexity index is 1050. The first-order valence-electron chi connectivity index (χ1n) is 13.7. The van der Waals surface area contributed by atoms with Gasteiger partial charge in [-0.2, -0.15) is 0 Å². The summed E-state index contributed by atoms with van der Waals surface area (Å²) in [6, 6.07) is -0.923. The summed E-state index contributed by atoms with van der Waals surface area (Å²) < 4.78 is 28.6. The molecule has 2 rings (SSSR count). The molecule has 1 heterocycles. The van der Waals surface area contributed by atoms with E-state index in [-0.39, 0.29) is 24.0 Å². The minimum atomic E-state index is -0.958. The maximum atomic E-state index is 13.5. The molecule has 1 aliphatic heterocycles. The Kier molecular flexibility index (Phi) is 13.4. The van der Waals surface area contributed by atoms with Crippen LogP contribution in [0.25, 0.3) is 0 Å². The molecule has 0 saturated carbocycles. The number of nitrogens with one attached hydrogen (secondary N) is 1. The molecule has 9 atom stereocenters. The van der Waals surface area contributed by atoms with E-state index in [2.05, 4.69) is 5.32 Å². The quantitative estimate of drug-likeness (QED) is 0.417. The number of fused-ring (bicyclic) bond motifs is 2. The zero-order valence-electron chi connectivity index (χ0n) is 25.3. The number of ketones is 1. The lowest BCUT2D eigenvalue weighted by Gasteiger charge is -2.35. The predicted molar refractivity (Wildman–Crippen MR) is 153 cm³/mol. The van der Waals surface area contributed by atoms with Gasteiger partial charge in [0, 0.05) is 51.9 Å². The van der Waals surface area contributed by atoms with Gasteiger partial charge < -0.3 is 39.8 Å². The number of allylic oxidation sites excluding steroid dienone is 2. The molecule has 0 saturated heterocycles. The largest absolute Gasteiger partial charge is 0.439 e. The van der Waals surface area contributed by atoms with Crippen LogP contribution in [-0.2, 0) is 33.3 Å². The van der Waals surface area contributed by atoms with Gasteiger partial charge in [-0.15, -0.1) is 0 Å². The number of hydrogen-bond donors (Lipinski definition) is 3. The topological polar surface area (TPSA) is 156 Å². The van der Waals surface area contributed by atoms with Crippen LogP contribution in [0, 0.1) is 11.8 Å². The monoisotopic (exact) mass is 578 g/mol. The van der Waals surface area contributed by atoms with Crippen LogP contribution in [0.1, 0.15) is 40.5 Å². The molecule has 11 heteroatoms. The lowest BCUT2D eigenvalue weighted by atomic mass is 9.81. The van der Waals surface area contributed by atoms with Crippen molar-refractivity contribution in [2.75, 3.05) is 28.4 Å². The Morgan fingerprint density at radius 1 is 0.976 bits per heavy atom. The summed E-state index contributed by atoms with van der Waals surface area (Å²) in [6.07, 6.45) is 3.81. The molecule has 0 spiro atoms. The van der Waals surface area contributed by atoms with E-state index in [4.69, 9.17) is 29.4 Å². The van der Waals surface area contributed by atoms with Crippen LogP contribution in [0.3, 0.4) is 0 Å². The number of nitrogens with two attached hydrogens (primary N) is 1. The summed E-state index contributed by atoms with van der Waals surface area (Å²) in [5, 5.41) is 13.3. The number of Topliss-reactive ketones (excluding diaryl/α,β-unsaturated/α-hetero) is 1. The van der Waals surface area contributed by atoms with Crippen molar-refractivity contribution < 1.29 is 43.2 Å². The molecule has 0 fully saturated rings. The van der Waals surface area contributed by atoms with Crippen molar-refractivity contribution in [3.05, 3.63) is 47.1 Å². The number of amides is 2. The summed E-state index contributed by atoms with van der Waals surface area (Å²) in [5.74, 6) is -1.20. The highest BCUT2D eigenvalue weighted by Gasteiger charge is 2.38. The molecular weight excluding hydrogens is 532 g/mol. The van der Waals surface area contributed by atoms with Gasteiger partial charge in [0.25, 0.3) is 0 Å². The number of ether oxygens (including phenoxy) is 5. The number of aliphatic hydroxyl groups is 1. The molecule has 4 N–H and O–H groups in total. The SMILES string of the molecule is CO[C@H]1[C@@H](OC)C[C@H](C)[C@@H](OC)C2=C[C@@H](O)C[C@@H](NC(=O)/C(C)=C\C=C\[C@H](OC)[C@@H](OC(N)=O)/C(C)=C/[C@@H]1C)C2=O. The third-order valence-electron chi connectivity index (χ3n) is 7.69. The highest BCUT2D eigenvalue weighted by atomic mass is 16.6. The predicted octanol–water partition coefficient (Wildman–Crippen LogP) is 2.38. The highest BCUT2D eigenvalue weighted by molar-refractivity contribution is 6.05.